The van der Waals surface area contributed by atoms with Crippen molar-refractivity contribution in [2.24, 2.45) is 0 Å². The summed E-state index contributed by atoms with van der Waals surface area (Å²) in [6, 6.07) is 26.3. The number of aromatic nitrogens is 2. The van der Waals surface area contributed by atoms with E-state index in [9.17, 15) is 19.2 Å². The molecule has 0 aliphatic carbocycles. The van der Waals surface area contributed by atoms with E-state index in [0.717, 1.165) is 62.5 Å². The molecule has 6 heteroatoms. The Hall–Kier alpha value is -5.98. The molecule has 7 aromatic rings. The third-order valence-corrected chi connectivity index (χ3v) is 9.98. The number of unbranched alkanes of at least 4 members (excludes halogenated alkanes) is 6. The maximum absolute atomic E-state index is 13.8. The Morgan fingerprint density at radius 3 is 1.04 bits per heavy atom. The molecule has 0 bridgehead atoms. The van der Waals surface area contributed by atoms with E-state index in [1.807, 2.05) is 60.7 Å². The average Bonchev–Trinajstić information content (AvgIpc) is 3.54. The second-order valence-corrected chi connectivity index (χ2v) is 13.5. The first-order chi connectivity index (χ1) is 25.4. The van der Waals surface area contributed by atoms with Crippen molar-refractivity contribution >= 4 is 43.1 Å². The molecule has 0 N–H and O–H groups in total. The summed E-state index contributed by atoms with van der Waals surface area (Å²) in [6.07, 6.45) is 7.55. The normalized spacial score (nSPS) is 11.3. The van der Waals surface area contributed by atoms with Crippen molar-refractivity contribution in [3.8, 4) is 23.7 Å². The van der Waals surface area contributed by atoms with Gasteiger partial charge in [-0.15, -0.1) is 0 Å². The fourth-order valence-corrected chi connectivity index (χ4v) is 7.17. The molecule has 0 spiro atoms. The molecule has 2 aromatic heterocycles. The summed E-state index contributed by atoms with van der Waals surface area (Å²) in [5, 5.41) is 3.99. The Labute approximate surface area is 302 Å². The highest BCUT2D eigenvalue weighted by Crippen LogP contribution is 2.36. The second kappa shape index (κ2) is 15.1. The van der Waals surface area contributed by atoms with Crippen molar-refractivity contribution in [2.45, 2.75) is 78.3 Å². The molecule has 7 rings (SSSR count). The highest BCUT2D eigenvalue weighted by atomic mass is 16.2. The van der Waals surface area contributed by atoms with Crippen LogP contribution in [-0.2, 0) is 13.1 Å². The van der Waals surface area contributed by atoms with Crippen LogP contribution in [0.2, 0.25) is 0 Å². The Bertz CT molecular complexity index is 2480. The molecule has 0 amide bonds. The lowest BCUT2D eigenvalue weighted by Gasteiger charge is -2.11. The zero-order chi connectivity index (χ0) is 36.2. The summed E-state index contributed by atoms with van der Waals surface area (Å²) in [5.74, 6) is 13.3. The van der Waals surface area contributed by atoms with Gasteiger partial charge in [-0.3, -0.25) is 28.3 Å². The van der Waals surface area contributed by atoms with Gasteiger partial charge >= 0.3 is 0 Å². The fraction of sp³-hybridized carbons (Fsp3) is 0.261. The van der Waals surface area contributed by atoms with Gasteiger partial charge in [0.15, 0.2) is 0 Å². The monoisotopic (exact) mass is 684 g/mol. The minimum Gasteiger partial charge on any atom is -0.274 e. The van der Waals surface area contributed by atoms with Gasteiger partial charge in [0.1, 0.15) is 0 Å². The molecule has 0 aliphatic rings. The molecule has 0 saturated heterocycles. The van der Waals surface area contributed by atoms with E-state index in [1.54, 1.807) is 24.3 Å². The summed E-state index contributed by atoms with van der Waals surface area (Å²) in [5.41, 5.74) is 1.55. The minimum absolute atomic E-state index is 0.314. The van der Waals surface area contributed by atoms with Crippen LogP contribution in [-0.4, -0.2) is 9.13 Å². The molecule has 6 nitrogen and oxygen atoms in total. The van der Waals surface area contributed by atoms with Crippen LogP contribution >= 0.6 is 0 Å². The molecule has 52 heavy (non-hydrogen) atoms. The molecule has 0 radical (unpaired) electrons. The smallest absolute Gasteiger partial charge is 0.261 e. The lowest BCUT2D eigenvalue weighted by Crippen LogP contribution is -2.25. The maximum atomic E-state index is 13.8. The van der Waals surface area contributed by atoms with Crippen LogP contribution in [0.4, 0.5) is 0 Å². The van der Waals surface area contributed by atoms with Crippen LogP contribution in [0.5, 0.6) is 0 Å². The molecule has 0 fully saturated rings. The summed E-state index contributed by atoms with van der Waals surface area (Å²) >= 11 is 0. The number of rotatable bonds is 10. The van der Waals surface area contributed by atoms with E-state index in [-0.39, 0.29) is 22.2 Å². The van der Waals surface area contributed by atoms with E-state index in [0.29, 0.717) is 67.3 Å². The van der Waals surface area contributed by atoms with Gasteiger partial charge in [-0.25, -0.2) is 0 Å². The Morgan fingerprint density at radius 1 is 0.404 bits per heavy atom. The topological polar surface area (TPSA) is 78.1 Å². The third-order valence-electron chi connectivity index (χ3n) is 9.98. The van der Waals surface area contributed by atoms with Crippen molar-refractivity contribution in [1.82, 2.24) is 9.13 Å². The van der Waals surface area contributed by atoms with Gasteiger partial charge in [-0.2, -0.15) is 0 Å². The van der Waals surface area contributed by atoms with Gasteiger partial charge in [-0.1, -0.05) is 112 Å². The highest BCUT2D eigenvalue weighted by molar-refractivity contribution is 6.16. The first kappa shape index (κ1) is 34.5. The lowest BCUT2D eigenvalue weighted by atomic mass is 9.89. The molecule has 2 heterocycles. The predicted molar refractivity (Wildman–Crippen MR) is 213 cm³/mol. The molecule has 0 aliphatic heterocycles. The van der Waals surface area contributed by atoms with Crippen LogP contribution in [0.1, 0.15) is 87.5 Å². The first-order valence-electron chi connectivity index (χ1n) is 18.4. The molecule has 0 saturated carbocycles. The molecular formula is C46H40N2O4. The van der Waals surface area contributed by atoms with Crippen molar-refractivity contribution in [1.29, 1.82) is 0 Å². The quantitative estimate of drug-likeness (QED) is 0.0828. The Balaban J connectivity index is 1.58. The second-order valence-electron chi connectivity index (χ2n) is 13.5. The molecule has 0 unspecified atom stereocenters. The molecule has 0 atom stereocenters. The largest absolute Gasteiger partial charge is 0.274 e. The van der Waals surface area contributed by atoms with Gasteiger partial charge in [-0.05, 0) is 61.4 Å². The van der Waals surface area contributed by atoms with Crippen molar-refractivity contribution in [3.05, 3.63) is 149 Å². The average molecular weight is 685 g/mol. The Kier molecular flexibility index (Phi) is 10.0. The number of nitrogens with zero attached hydrogens (tertiary/aromatic N) is 2. The molecule has 5 aromatic carbocycles. The van der Waals surface area contributed by atoms with Crippen LogP contribution in [0, 0.1) is 23.7 Å². The number of fused-ring (bicyclic) bond motifs is 4. The van der Waals surface area contributed by atoms with E-state index < -0.39 is 0 Å². The fourth-order valence-electron chi connectivity index (χ4n) is 7.17. The van der Waals surface area contributed by atoms with Crippen LogP contribution < -0.4 is 22.2 Å². The SMILES string of the molecule is CCCCCCn1c(=O)c2cc3c(C#Cc4ccccc4)c4cc5c(=O)n(CCCCCC)c(=O)c5cc4c(C#Cc4ccccc4)c3cc2c1=O. The van der Waals surface area contributed by atoms with Crippen molar-refractivity contribution < 1.29 is 0 Å². The third kappa shape index (κ3) is 6.49. The van der Waals surface area contributed by atoms with Crippen LogP contribution in [0.3, 0.4) is 0 Å². The van der Waals surface area contributed by atoms with Crippen molar-refractivity contribution in [3.63, 3.8) is 0 Å². The van der Waals surface area contributed by atoms with E-state index >= 15 is 0 Å². The highest BCUT2D eigenvalue weighted by Gasteiger charge is 2.21. The molecular weight excluding hydrogens is 645 g/mol. The van der Waals surface area contributed by atoms with Crippen LogP contribution in [0.25, 0.3) is 43.1 Å². The van der Waals surface area contributed by atoms with Gasteiger partial charge in [0.25, 0.3) is 22.2 Å². The number of hydrogen-bond donors (Lipinski definition) is 0. The van der Waals surface area contributed by atoms with Crippen LogP contribution in [0.15, 0.2) is 104 Å². The van der Waals surface area contributed by atoms with Gasteiger partial charge < -0.3 is 0 Å². The van der Waals surface area contributed by atoms with E-state index in [2.05, 4.69) is 37.5 Å². The zero-order valence-electron chi connectivity index (χ0n) is 29.7. The first-order valence-corrected chi connectivity index (χ1v) is 18.4. The summed E-state index contributed by atoms with van der Waals surface area (Å²) < 4.78 is 2.70. The van der Waals surface area contributed by atoms with E-state index in [1.165, 1.54) is 9.13 Å². The predicted octanol–water partition coefficient (Wildman–Crippen LogP) is 8.18. The minimum atomic E-state index is -0.314. The lowest BCUT2D eigenvalue weighted by molar-refractivity contribution is 0.568. The van der Waals surface area contributed by atoms with E-state index in [4.69, 9.17) is 0 Å². The van der Waals surface area contributed by atoms with Gasteiger partial charge in [0.05, 0.1) is 21.5 Å². The standard InChI is InChI=1S/C46H40N2O4/c1-3-5-7-15-25-47-43(49)39-27-35-33(23-21-31-17-11-9-12-18-31)37-29-41-42(46(52)48(45(41)51)26-16-8-6-4-2)30-38(37)34(36(35)28-40(39)44(47)50)24-22-32-19-13-10-14-20-32/h9-14,17-20,27-30H,3-8,15-16,25-26H2,1-2H3. The van der Waals surface area contributed by atoms with Gasteiger partial charge in [0.2, 0.25) is 0 Å². The number of hydrogen-bond acceptors (Lipinski definition) is 4. The number of benzene rings is 5. The molecule has 258 valence electrons. The summed E-state index contributed by atoms with van der Waals surface area (Å²) in [6.45, 7) is 4.97. The maximum Gasteiger partial charge on any atom is 0.261 e. The van der Waals surface area contributed by atoms with Gasteiger partial charge in [0, 0.05) is 56.9 Å². The van der Waals surface area contributed by atoms with Crippen molar-refractivity contribution in [2.75, 3.05) is 0 Å². The summed E-state index contributed by atoms with van der Waals surface area (Å²) in [4.78, 5) is 55.3. The summed E-state index contributed by atoms with van der Waals surface area (Å²) in [7, 11) is 0. The Morgan fingerprint density at radius 2 is 0.731 bits per heavy atom. The zero-order valence-corrected chi connectivity index (χ0v) is 29.7.